The lowest BCUT2D eigenvalue weighted by molar-refractivity contribution is 0.609. The van der Waals surface area contributed by atoms with E-state index in [9.17, 15) is 8.42 Å². The topological polar surface area (TPSA) is 63.5 Å². The van der Waals surface area contributed by atoms with Gasteiger partial charge in [-0.25, -0.2) is 13.4 Å². The maximum absolute atomic E-state index is 12.6. The molecule has 6 heteroatoms. The third-order valence-electron chi connectivity index (χ3n) is 4.37. The zero-order chi connectivity index (χ0) is 19.6. The lowest BCUT2D eigenvalue weighted by Gasteiger charge is -2.09. The van der Waals surface area contributed by atoms with Crippen LogP contribution < -0.4 is 4.72 Å². The van der Waals surface area contributed by atoms with Crippen molar-refractivity contribution < 1.29 is 8.42 Å². The van der Waals surface area contributed by atoms with Crippen LogP contribution in [-0.4, -0.2) is 17.8 Å². The summed E-state index contributed by atoms with van der Waals surface area (Å²) in [6.07, 6.45) is 5.39. The number of anilines is 1. The van der Waals surface area contributed by atoms with Crippen molar-refractivity contribution in [2.75, 3.05) is 4.72 Å². The number of aryl methyl sites for hydroxylation is 1. The van der Waals surface area contributed by atoms with E-state index in [0.29, 0.717) is 11.4 Å². The van der Waals surface area contributed by atoms with Gasteiger partial charge in [-0.1, -0.05) is 54.6 Å². The highest BCUT2D eigenvalue weighted by Crippen LogP contribution is 2.29. The third-order valence-corrected chi connectivity index (χ3v) is 5.37. The number of pyridine rings is 1. The number of imidazole rings is 1. The van der Waals surface area contributed by atoms with Crippen LogP contribution in [0.5, 0.6) is 0 Å². The van der Waals surface area contributed by atoms with Crippen LogP contribution in [0.2, 0.25) is 0 Å². The number of sulfonamides is 1. The monoisotopic (exact) mass is 389 g/mol. The first-order valence-electron chi connectivity index (χ1n) is 8.81. The molecule has 0 radical (unpaired) electrons. The molecule has 0 aliphatic carbocycles. The quantitative estimate of drug-likeness (QED) is 0.537. The molecule has 0 aliphatic heterocycles. The molecular weight excluding hydrogens is 370 g/mol. The highest BCUT2D eigenvalue weighted by atomic mass is 32.2. The number of hydrogen-bond donors (Lipinski definition) is 1. The number of nitrogens with one attached hydrogen (secondary N) is 1. The number of nitrogens with zero attached hydrogens (tertiary/aromatic N) is 2. The SMILES string of the molecule is Cc1cccn2cc(-c3ccccc3NS(=O)(=O)/C=C/c3ccccc3)nc12. The summed E-state index contributed by atoms with van der Waals surface area (Å²) in [4.78, 5) is 4.68. The summed E-state index contributed by atoms with van der Waals surface area (Å²) in [5.74, 6) is 0. The van der Waals surface area contributed by atoms with Crippen LogP contribution >= 0.6 is 0 Å². The van der Waals surface area contributed by atoms with Gasteiger partial charge in [0.25, 0.3) is 10.0 Å². The minimum Gasteiger partial charge on any atom is -0.306 e. The molecule has 1 N–H and O–H groups in total. The fourth-order valence-electron chi connectivity index (χ4n) is 3.00. The van der Waals surface area contributed by atoms with Crippen molar-refractivity contribution in [1.29, 1.82) is 0 Å². The fourth-order valence-corrected chi connectivity index (χ4v) is 3.89. The molecule has 0 saturated heterocycles. The number of para-hydroxylation sites is 1. The highest BCUT2D eigenvalue weighted by molar-refractivity contribution is 7.95. The molecule has 2 aromatic carbocycles. The molecule has 4 aromatic rings. The molecule has 28 heavy (non-hydrogen) atoms. The van der Waals surface area contributed by atoms with E-state index in [1.54, 1.807) is 18.2 Å². The van der Waals surface area contributed by atoms with Crippen molar-refractivity contribution in [3.8, 4) is 11.3 Å². The first-order chi connectivity index (χ1) is 13.5. The largest absolute Gasteiger partial charge is 0.306 e. The Balaban J connectivity index is 1.68. The summed E-state index contributed by atoms with van der Waals surface area (Å²) in [6, 6.07) is 20.5. The average molecular weight is 389 g/mol. The highest BCUT2D eigenvalue weighted by Gasteiger charge is 2.13. The predicted octanol–water partition coefficient (Wildman–Crippen LogP) is 4.72. The molecule has 0 fully saturated rings. The molecule has 2 aromatic heterocycles. The molecule has 4 rings (SSSR count). The van der Waals surface area contributed by atoms with Gasteiger partial charge in [0.1, 0.15) is 5.65 Å². The van der Waals surface area contributed by atoms with Crippen LogP contribution in [0.1, 0.15) is 11.1 Å². The van der Waals surface area contributed by atoms with Gasteiger partial charge in [-0.05, 0) is 36.3 Å². The summed E-state index contributed by atoms with van der Waals surface area (Å²) in [6.45, 7) is 2.00. The number of hydrogen-bond acceptors (Lipinski definition) is 3. The van der Waals surface area contributed by atoms with Gasteiger partial charge >= 0.3 is 0 Å². The smallest absolute Gasteiger partial charge is 0.255 e. The van der Waals surface area contributed by atoms with Gasteiger partial charge in [-0.15, -0.1) is 0 Å². The van der Waals surface area contributed by atoms with Gasteiger partial charge in [-0.2, -0.15) is 0 Å². The molecule has 0 atom stereocenters. The third kappa shape index (κ3) is 3.82. The fraction of sp³-hybridized carbons (Fsp3) is 0.0455. The van der Waals surface area contributed by atoms with Crippen molar-refractivity contribution >= 4 is 27.4 Å². The number of fused-ring (bicyclic) bond motifs is 1. The molecule has 0 saturated carbocycles. The van der Waals surface area contributed by atoms with Crippen LogP contribution in [0, 0.1) is 6.92 Å². The molecule has 0 unspecified atom stereocenters. The standard InChI is InChI=1S/C22H19N3O2S/c1-17-8-7-14-25-16-21(23-22(17)25)19-11-5-6-12-20(19)24-28(26,27)15-13-18-9-3-2-4-10-18/h2-16,24H,1H3/b15-13+. The van der Waals surface area contributed by atoms with E-state index in [2.05, 4.69) is 9.71 Å². The Morgan fingerprint density at radius 1 is 0.964 bits per heavy atom. The van der Waals surface area contributed by atoms with Crippen LogP contribution in [0.4, 0.5) is 5.69 Å². The van der Waals surface area contributed by atoms with Crippen LogP contribution in [0.25, 0.3) is 23.0 Å². The minimum absolute atomic E-state index is 0.487. The van der Waals surface area contributed by atoms with E-state index >= 15 is 0 Å². The average Bonchev–Trinajstić information content (AvgIpc) is 3.13. The van der Waals surface area contributed by atoms with Gasteiger partial charge in [0.2, 0.25) is 0 Å². The van der Waals surface area contributed by atoms with Crippen LogP contribution in [-0.2, 0) is 10.0 Å². The zero-order valence-electron chi connectivity index (χ0n) is 15.3. The second-order valence-electron chi connectivity index (χ2n) is 6.45. The minimum atomic E-state index is -3.67. The molecule has 0 bridgehead atoms. The van der Waals surface area contributed by atoms with E-state index in [1.165, 1.54) is 5.41 Å². The molecule has 2 heterocycles. The Kier molecular flexibility index (Phi) is 4.71. The van der Waals surface area contributed by atoms with Gasteiger partial charge in [-0.3, -0.25) is 4.72 Å². The maximum Gasteiger partial charge on any atom is 0.255 e. The molecular formula is C22H19N3O2S. The second-order valence-corrected chi connectivity index (χ2v) is 8.02. The van der Waals surface area contributed by atoms with E-state index < -0.39 is 10.0 Å². The summed E-state index contributed by atoms with van der Waals surface area (Å²) >= 11 is 0. The summed E-state index contributed by atoms with van der Waals surface area (Å²) in [7, 11) is -3.67. The Morgan fingerprint density at radius 2 is 1.71 bits per heavy atom. The van der Waals surface area contributed by atoms with Crippen LogP contribution in [0.3, 0.4) is 0 Å². The van der Waals surface area contributed by atoms with Gasteiger partial charge < -0.3 is 4.40 Å². The molecule has 0 amide bonds. The Labute approximate surface area is 164 Å². The first kappa shape index (κ1) is 18.0. The van der Waals surface area contributed by atoms with Crippen molar-refractivity contribution in [3.05, 3.63) is 95.7 Å². The van der Waals surface area contributed by atoms with E-state index in [1.807, 2.05) is 78.3 Å². The molecule has 5 nitrogen and oxygen atoms in total. The summed E-state index contributed by atoms with van der Waals surface area (Å²) < 4.78 is 29.7. The Morgan fingerprint density at radius 3 is 2.50 bits per heavy atom. The maximum atomic E-state index is 12.6. The lowest BCUT2D eigenvalue weighted by atomic mass is 10.1. The van der Waals surface area contributed by atoms with E-state index in [0.717, 1.165) is 22.3 Å². The molecule has 0 spiro atoms. The summed E-state index contributed by atoms with van der Waals surface area (Å²) in [5, 5.41) is 1.17. The van der Waals surface area contributed by atoms with Crippen molar-refractivity contribution in [1.82, 2.24) is 9.38 Å². The molecule has 140 valence electrons. The van der Waals surface area contributed by atoms with E-state index in [-0.39, 0.29) is 0 Å². The van der Waals surface area contributed by atoms with Crippen LogP contribution in [0.15, 0.2) is 84.5 Å². The van der Waals surface area contributed by atoms with Gasteiger partial charge in [0.15, 0.2) is 0 Å². The Hall–Kier alpha value is -3.38. The van der Waals surface area contributed by atoms with Crippen molar-refractivity contribution in [2.24, 2.45) is 0 Å². The van der Waals surface area contributed by atoms with Crippen molar-refractivity contribution in [3.63, 3.8) is 0 Å². The lowest BCUT2D eigenvalue weighted by Crippen LogP contribution is -2.09. The zero-order valence-corrected chi connectivity index (χ0v) is 16.1. The number of rotatable bonds is 5. The van der Waals surface area contributed by atoms with Crippen molar-refractivity contribution in [2.45, 2.75) is 6.92 Å². The predicted molar refractivity (Wildman–Crippen MR) is 113 cm³/mol. The first-order valence-corrected chi connectivity index (χ1v) is 10.4. The van der Waals surface area contributed by atoms with E-state index in [4.69, 9.17) is 0 Å². The molecule has 0 aliphatic rings. The number of benzene rings is 2. The summed E-state index contributed by atoms with van der Waals surface area (Å²) in [5.41, 5.74) is 4.64. The van der Waals surface area contributed by atoms with Gasteiger partial charge in [0.05, 0.1) is 16.8 Å². The Bertz CT molecular complexity index is 1260. The van der Waals surface area contributed by atoms with Gasteiger partial charge in [0, 0.05) is 18.0 Å². The number of aromatic nitrogens is 2. The second kappa shape index (κ2) is 7.32. The normalized spacial score (nSPS) is 11.9.